The molecular weight excluding hydrogens is 218 g/mol. The molecule has 1 rings (SSSR count). The fraction of sp³-hybridized carbons (Fsp3) is 0.300. The molecule has 1 amide bonds. The Kier molecular flexibility index (Phi) is 4.17. The van der Waals surface area contributed by atoms with Gasteiger partial charge in [0.25, 0.3) is 0 Å². The number of rotatable bonds is 3. The number of halogens is 1. The monoisotopic (exact) mass is 229 g/mol. The van der Waals surface area contributed by atoms with Gasteiger partial charge in [-0.3, -0.25) is 4.79 Å². The lowest BCUT2D eigenvalue weighted by atomic mass is 10.4. The molecule has 1 heterocycles. The number of allylic oxidation sites excluding steroid dienone is 1. The minimum absolute atomic E-state index is 0.0111. The Balaban J connectivity index is 2.56. The summed E-state index contributed by atoms with van der Waals surface area (Å²) in [5, 5.41) is 0. The van der Waals surface area contributed by atoms with Crippen LogP contribution in [0.15, 0.2) is 24.3 Å². The van der Waals surface area contributed by atoms with Crippen LogP contribution in [0.2, 0.25) is 4.34 Å². The molecule has 2 nitrogen and oxygen atoms in total. The van der Waals surface area contributed by atoms with Gasteiger partial charge >= 0.3 is 0 Å². The Morgan fingerprint density at radius 3 is 2.86 bits per heavy atom. The first-order valence-electron chi connectivity index (χ1n) is 4.25. The lowest BCUT2D eigenvalue weighted by molar-refractivity contribution is -0.125. The van der Waals surface area contributed by atoms with E-state index in [9.17, 15) is 4.79 Å². The normalized spacial score (nSPS) is 10.8. The van der Waals surface area contributed by atoms with Gasteiger partial charge in [0.2, 0.25) is 5.91 Å². The van der Waals surface area contributed by atoms with Crippen molar-refractivity contribution in [3.63, 3.8) is 0 Å². The molecule has 0 bridgehead atoms. The van der Waals surface area contributed by atoms with Crippen LogP contribution in [0.5, 0.6) is 0 Å². The highest BCUT2D eigenvalue weighted by Crippen LogP contribution is 2.22. The molecule has 0 aliphatic carbocycles. The van der Waals surface area contributed by atoms with Crippen LogP contribution in [0, 0.1) is 0 Å². The van der Waals surface area contributed by atoms with Crippen LogP contribution in [-0.4, -0.2) is 17.9 Å². The smallest absolute Gasteiger partial charge is 0.246 e. The third kappa shape index (κ3) is 3.16. The van der Waals surface area contributed by atoms with Gasteiger partial charge in [0.1, 0.15) is 0 Å². The maximum absolute atomic E-state index is 11.4. The van der Waals surface area contributed by atoms with Crippen molar-refractivity contribution in [1.29, 1.82) is 0 Å². The van der Waals surface area contributed by atoms with Crippen molar-refractivity contribution < 1.29 is 4.79 Å². The Hall–Kier alpha value is -0.800. The summed E-state index contributed by atoms with van der Waals surface area (Å²) in [7, 11) is 1.77. The minimum atomic E-state index is 0.0111. The number of likely N-dealkylation sites (N-methyl/N-ethyl adjacent to an activating group) is 1. The summed E-state index contributed by atoms with van der Waals surface area (Å²) in [6.45, 7) is 2.44. The molecule has 0 aliphatic heterocycles. The lowest BCUT2D eigenvalue weighted by Gasteiger charge is -2.13. The number of carbonyl (C=O) groups is 1. The van der Waals surface area contributed by atoms with Crippen molar-refractivity contribution >= 4 is 28.8 Å². The number of amides is 1. The maximum atomic E-state index is 11.4. The fourth-order valence-corrected chi connectivity index (χ4v) is 2.16. The topological polar surface area (TPSA) is 20.3 Å². The number of hydrogen-bond donors (Lipinski definition) is 0. The average molecular weight is 230 g/mol. The third-order valence-electron chi connectivity index (χ3n) is 1.71. The summed E-state index contributed by atoms with van der Waals surface area (Å²) < 4.78 is 0.756. The van der Waals surface area contributed by atoms with Gasteiger partial charge in [0.15, 0.2) is 0 Å². The molecule has 0 aliphatic rings. The van der Waals surface area contributed by atoms with Crippen LogP contribution in [0.25, 0.3) is 0 Å². The summed E-state index contributed by atoms with van der Waals surface area (Å²) in [5.74, 6) is 0.0111. The van der Waals surface area contributed by atoms with E-state index < -0.39 is 0 Å². The van der Waals surface area contributed by atoms with Gasteiger partial charge in [0, 0.05) is 11.9 Å². The van der Waals surface area contributed by atoms with Gasteiger partial charge < -0.3 is 4.90 Å². The Bertz CT molecular complexity index is 346. The van der Waals surface area contributed by atoms with Crippen molar-refractivity contribution in [3.8, 4) is 0 Å². The lowest BCUT2D eigenvalue weighted by Crippen LogP contribution is -2.23. The van der Waals surface area contributed by atoms with E-state index >= 15 is 0 Å². The average Bonchev–Trinajstić information content (AvgIpc) is 2.51. The van der Waals surface area contributed by atoms with Crippen LogP contribution in [-0.2, 0) is 11.3 Å². The Morgan fingerprint density at radius 1 is 1.64 bits per heavy atom. The highest BCUT2D eigenvalue weighted by molar-refractivity contribution is 7.16. The molecule has 0 fully saturated rings. The van der Waals surface area contributed by atoms with Crippen molar-refractivity contribution in [2.75, 3.05) is 7.05 Å². The Labute approximate surface area is 92.8 Å². The number of carbonyl (C=O) groups excluding carboxylic acids is 1. The minimum Gasteiger partial charge on any atom is -0.337 e. The van der Waals surface area contributed by atoms with E-state index in [1.54, 1.807) is 24.1 Å². The predicted molar refractivity (Wildman–Crippen MR) is 60.6 cm³/mol. The van der Waals surface area contributed by atoms with E-state index in [-0.39, 0.29) is 5.91 Å². The van der Waals surface area contributed by atoms with Gasteiger partial charge in [0.05, 0.1) is 10.9 Å². The van der Waals surface area contributed by atoms with E-state index in [2.05, 4.69) is 0 Å². The first-order chi connectivity index (χ1) is 6.63. The zero-order valence-corrected chi connectivity index (χ0v) is 9.73. The van der Waals surface area contributed by atoms with Crippen molar-refractivity contribution in [1.82, 2.24) is 4.90 Å². The molecule has 0 atom stereocenters. The number of nitrogens with zero attached hydrogens (tertiary/aromatic N) is 1. The van der Waals surface area contributed by atoms with Crippen LogP contribution in [0.1, 0.15) is 11.8 Å². The molecule has 0 unspecified atom stereocenters. The number of hydrogen-bond acceptors (Lipinski definition) is 2. The summed E-state index contributed by atoms with van der Waals surface area (Å²) in [6.07, 6.45) is 3.29. The second-order valence-corrected chi connectivity index (χ2v) is 4.70. The van der Waals surface area contributed by atoms with Crippen molar-refractivity contribution in [2.24, 2.45) is 0 Å². The highest BCUT2D eigenvalue weighted by Gasteiger charge is 2.06. The molecule has 0 aromatic carbocycles. The van der Waals surface area contributed by atoms with Crippen molar-refractivity contribution in [3.05, 3.63) is 33.5 Å². The van der Waals surface area contributed by atoms with Crippen molar-refractivity contribution in [2.45, 2.75) is 13.5 Å². The van der Waals surface area contributed by atoms with Gasteiger partial charge in [-0.2, -0.15) is 0 Å². The Morgan fingerprint density at radius 2 is 2.36 bits per heavy atom. The second kappa shape index (κ2) is 5.17. The summed E-state index contributed by atoms with van der Waals surface area (Å²) in [5.41, 5.74) is 0. The molecule has 1 aromatic rings. The quantitative estimate of drug-likeness (QED) is 0.730. The summed E-state index contributed by atoms with van der Waals surface area (Å²) in [4.78, 5) is 14.1. The molecule has 0 spiro atoms. The number of thiophene rings is 1. The molecule has 0 radical (unpaired) electrons. The van der Waals surface area contributed by atoms with Gasteiger partial charge in [-0.1, -0.05) is 17.7 Å². The van der Waals surface area contributed by atoms with E-state index in [0.29, 0.717) is 6.54 Å². The fourth-order valence-electron chi connectivity index (χ4n) is 1.02. The standard InChI is InChI=1S/C10H12ClNOS/c1-3-4-10(13)12(2)7-8-5-6-9(11)14-8/h3-6H,7H2,1-2H3. The molecule has 0 saturated carbocycles. The van der Waals surface area contributed by atoms with Gasteiger partial charge in [-0.05, 0) is 25.1 Å². The second-order valence-electron chi connectivity index (χ2n) is 2.90. The largest absolute Gasteiger partial charge is 0.337 e. The van der Waals surface area contributed by atoms with Gasteiger partial charge in [-0.15, -0.1) is 11.3 Å². The summed E-state index contributed by atoms with van der Waals surface area (Å²) in [6, 6.07) is 3.78. The van der Waals surface area contributed by atoms with Crippen LogP contribution in [0.3, 0.4) is 0 Å². The first-order valence-corrected chi connectivity index (χ1v) is 5.45. The SMILES string of the molecule is CC=CC(=O)N(C)Cc1ccc(Cl)s1. The summed E-state index contributed by atoms with van der Waals surface area (Å²) >= 11 is 7.28. The highest BCUT2D eigenvalue weighted by atomic mass is 35.5. The molecule has 1 aromatic heterocycles. The van der Waals surface area contributed by atoms with Crippen LogP contribution in [0.4, 0.5) is 0 Å². The molecule has 0 N–H and O–H groups in total. The van der Waals surface area contributed by atoms with E-state index in [0.717, 1.165) is 9.21 Å². The molecule has 4 heteroatoms. The van der Waals surface area contributed by atoms with E-state index in [1.165, 1.54) is 11.3 Å². The zero-order chi connectivity index (χ0) is 10.6. The molecule has 76 valence electrons. The first kappa shape index (κ1) is 11.3. The van der Waals surface area contributed by atoms with Crippen LogP contribution < -0.4 is 0 Å². The van der Waals surface area contributed by atoms with E-state index in [1.807, 2.05) is 19.1 Å². The predicted octanol–water partition coefficient (Wildman–Crippen LogP) is 2.94. The van der Waals surface area contributed by atoms with E-state index in [4.69, 9.17) is 11.6 Å². The maximum Gasteiger partial charge on any atom is 0.246 e. The molecular formula is C10H12ClNOS. The van der Waals surface area contributed by atoms with Crippen LogP contribution >= 0.6 is 22.9 Å². The zero-order valence-electron chi connectivity index (χ0n) is 8.16. The molecule has 14 heavy (non-hydrogen) atoms. The third-order valence-corrected chi connectivity index (χ3v) is 2.92. The molecule has 0 saturated heterocycles. The van der Waals surface area contributed by atoms with Gasteiger partial charge in [-0.25, -0.2) is 0 Å².